The quantitative estimate of drug-likeness (QED) is 0.612. The highest BCUT2D eigenvalue weighted by molar-refractivity contribution is 7.89. The lowest BCUT2D eigenvalue weighted by atomic mass is 10.1. The van der Waals surface area contributed by atoms with Gasteiger partial charge in [-0.05, 0) is 30.5 Å². The molecule has 118 valence electrons. The number of hydrogen-bond acceptors (Lipinski definition) is 5. The summed E-state index contributed by atoms with van der Waals surface area (Å²) in [5, 5.41) is 28.1. The molecule has 1 aromatic carbocycles. The van der Waals surface area contributed by atoms with Gasteiger partial charge in [0.25, 0.3) is 0 Å². The number of carboxylic acids is 1. The Hall–Kier alpha value is -1.64. The number of aromatic hydroxyl groups is 1. The molecule has 1 rings (SSSR count). The van der Waals surface area contributed by atoms with Crippen LogP contribution in [0.3, 0.4) is 0 Å². The number of aryl methyl sites for hydroxylation is 1. The van der Waals surface area contributed by atoms with Crippen LogP contribution >= 0.6 is 0 Å². The van der Waals surface area contributed by atoms with Gasteiger partial charge in [0.05, 0.1) is 11.0 Å². The summed E-state index contributed by atoms with van der Waals surface area (Å²) in [4.78, 5) is 10.7. The third-order valence-electron chi connectivity index (χ3n) is 3.07. The van der Waals surface area contributed by atoms with Crippen LogP contribution < -0.4 is 4.72 Å². The minimum Gasteiger partial charge on any atom is -0.507 e. The normalized spacial score (nSPS) is 13.4. The number of rotatable bonds is 6. The summed E-state index contributed by atoms with van der Waals surface area (Å²) in [7, 11) is -3.98. The predicted molar refractivity (Wildman–Crippen MR) is 75.8 cm³/mol. The maximum atomic E-state index is 12.2. The van der Waals surface area contributed by atoms with E-state index in [1.807, 2.05) is 0 Å². The number of carbonyl (C=O) groups is 1. The first kappa shape index (κ1) is 17.4. The van der Waals surface area contributed by atoms with Crippen LogP contribution in [0.15, 0.2) is 17.0 Å². The zero-order valence-electron chi connectivity index (χ0n) is 12.0. The number of nitrogens with one attached hydrogen (secondary N) is 1. The third kappa shape index (κ3) is 4.16. The van der Waals surface area contributed by atoms with Crippen LogP contribution in [0.1, 0.15) is 29.8 Å². The summed E-state index contributed by atoms with van der Waals surface area (Å²) in [5.41, 5.74) is -0.283. The SMILES string of the molecule is Cc1cc(O)c(C(=O)O)cc1S(=O)(=O)NCC(O)C(C)C. The number of phenols is 1. The van der Waals surface area contributed by atoms with E-state index >= 15 is 0 Å². The van der Waals surface area contributed by atoms with Crippen molar-refractivity contribution >= 4 is 16.0 Å². The second-order valence-electron chi connectivity index (χ2n) is 5.10. The molecule has 0 bridgehead atoms. The van der Waals surface area contributed by atoms with Crippen molar-refractivity contribution in [2.24, 2.45) is 5.92 Å². The van der Waals surface area contributed by atoms with Gasteiger partial charge in [0, 0.05) is 6.54 Å². The van der Waals surface area contributed by atoms with E-state index in [1.165, 1.54) is 6.92 Å². The van der Waals surface area contributed by atoms with Crippen LogP contribution in [-0.4, -0.2) is 42.4 Å². The molecule has 1 aromatic rings. The van der Waals surface area contributed by atoms with Crippen LogP contribution in [0.5, 0.6) is 5.75 Å². The predicted octanol–water partition coefficient (Wildman–Crippen LogP) is 0.694. The molecule has 0 aliphatic rings. The number of aliphatic hydroxyl groups excluding tert-OH is 1. The highest BCUT2D eigenvalue weighted by Crippen LogP contribution is 2.25. The van der Waals surface area contributed by atoms with Crippen molar-refractivity contribution in [3.63, 3.8) is 0 Å². The molecule has 0 amide bonds. The van der Waals surface area contributed by atoms with Crippen molar-refractivity contribution in [3.8, 4) is 5.75 Å². The van der Waals surface area contributed by atoms with Crippen LogP contribution in [0, 0.1) is 12.8 Å². The van der Waals surface area contributed by atoms with Gasteiger partial charge >= 0.3 is 5.97 Å². The fourth-order valence-corrected chi connectivity index (χ4v) is 2.94. The Labute approximate surface area is 123 Å². The van der Waals surface area contributed by atoms with E-state index in [9.17, 15) is 23.4 Å². The van der Waals surface area contributed by atoms with E-state index < -0.39 is 33.4 Å². The zero-order chi connectivity index (χ0) is 16.4. The second-order valence-corrected chi connectivity index (χ2v) is 6.84. The molecule has 8 heteroatoms. The first-order valence-electron chi connectivity index (χ1n) is 6.31. The van der Waals surface area contributed by atoms with Gasteiger partial charge < -0.3 is 15.3 Å². The Morgan fingerprint density at radius 3 is 2.38 bits per heavy atom. The molecular formula is C13H19NO6S. The van der Waals surface area contributed by atoms with Crippen LogP contribution in [0.4, 0.5) is 0 Å². The van der Waals surface area contributed by atoms with Gasteiger partial charge in [-0.25, -0.2) is 17.9 Å². The van der Waals surface area contributed by atoms with Crippen molar-refractivity contribution in [1.82, 2.24) is 4.72 Å². The lowest BCUT2D eigenvalue weighted by Crippen LogP contribution is -2.35. The van der Waals surface area contributed by atoms with E-state index in [4.69, 9.17) is 5.11 Å². The highest BCUT2D eigenvalue weighted by Gasteiger charge is 2.23. The maximum absolute atomic E-state index is 12.2. The molecule has 0 aliphatic heterocycles. The summed E-state index contributed by atoms with van der Waals surface area (Å²) in [6, 6.07) is 1.98. The molecule has 0 heterocycles. The first-order chi connectivity index (χ1) is 9.56. The molecule has 0 radical (unpaired) electrons. The lowest BCUT2D eigenvalue weighted by Gasteiger charge is -2.16. The molecule has 7 nitrogen and oxygen atoms in total. The minimum atomic E-state index is -3.98. The van der Waals surface area contributed by atoms with E-state index in [0.29, 0.717) is 0 Å². The van der Waals surface area contributed by atoms with Crippen molar-refractivity contribution in [1.29, 1.82) is 0 Å². The summed E-state index contributed by atoms with van der Waals surface area (Å²) in [5.74, 6) is -2.05. The van der Waals surface area contributed by atoms with Gasteiger partial charge in [-0.3, -0.25) is 0 Å². The molecule has 0 aromatic heterocycles. The summed E-state index contributed by atoms with van der Waals surface area (Å²) in [6.07, 6.45) is -0.851. The van der Waals surface area contributed by atoms with Gasteiger partial charge in [0.15, 0.2) is 0 Å². The molecule has 1 atom stereocenters. The molecule has 1 unspecified atom stereocenters. The zero-order valence-corrected chi connectivity index (χ0v) is 12.8. The van der Waals surface area contributed by atoms with Crippen LogP contribution in [0.2, 0.25) is 0 Å². The van der Waals surface area contributed by atoms with E-state index in [1.54, 1.807) is 13.8 Å². The molecule has 0 saturated carbocycles. The Bertz CT molecular complexity index is 638. The topological polar surface area (TPSA) is 124 Å². The van der Waals surface area contributed by atoms with Crippen molar-refractivity contribution < 1.29 is 28.5 Å². The molecule has 0 saturated heterocycles. The number of hydrogen-bond donors (Lipinski definition) is 4. The summed E-state index contributed by atoms with van der Waals surface area (Å²) >= 11 is 0. The van der Waals surface area contributed by atoms with E-state index in [0.717, 1.165) is 12.1 Å². The molecule has 0 spiro atoms. The summed E-state index contributed by atoms with van der Waals surface area (Å²) in [6.45, 7) is 4.75. The average Bonchev–Trinajstić information content (AvgIpc) is 2.34. The van der Waals surface area contributed by atoms with Crippen molar-refractivity contribution in [2.75, 3.05) is 6.54 Å². The molecule has 4 N–H and O–H groups in total. The molecule has 21 heavy (non-hydrogen) atoms. The standard InChI is InChI=1S/C13H19NO6S/c1-7(2)11(16)6-14-21(19,20)12-5-9(13(17)18)10(15)4-8(12)3/h4-5,7,11,14-16H,6H2,1-3H3,(H,17,18). The number of benzene rings is 1. The van der Waals surface area contributed by atoms with Crippen molar-refractivity contribution in [3.05, 3.63) is 23.3 Å². The van der Waals surface area contributed by atoms with E-state index in [2.05, 4.69) is 4.72 Å². The summed E-state index contributed by atoms with van der Waals surface area (Å²) < 4.78 is 26.6. The van der Waals surface area contributed by atoms with Gasteiger partial charge in [0.1, 0.15) is 11.3 Å². The Balaban J connectivity index is 3.14. The number of aliphatic hydroxyl groups is 1. The smallest absolute Gasteiger partial charge is 0.339 e. The first-order valence-corrected chi connectivity index (χ1v) is 7.79. The minimum absolute atomic E-state index is 0.122. The third-order valence-corrected chi connectivity index (χ3v) is 4.63. The largest absolute Gasteiger partial charge is 0.507 e. The fourth-order valence-electron chi connectivity index (χ4n) is 1.64. The monoisotopic (exact) mass is 317 g/mol. The van der Waals surface area contributed by atoms with Gasteiger partial charge in [-0.2, -0.15) is 0 Å². The highest BCUT2D eigenvalue weighted by atomic mass is 32.2. The maximum Gasteiger partial charge on any atom is 0.339 e. The average molecular weight is 317 g/mol. The van der Waals surface area contributed by atoms with Gasteiger partial charge in [-0.15, -0.1) is 0 Å². The molecule has 0 fully saturated rings. The fraction of sp³-hybridized carbons (Fsp3) is 0.462. The molecular weight excluding hydrogens is 298 g/mol. The second kappa shape index (κ2) is 6.42. The van der Waals surface area contributed by atoms with Crippen LogP contribution in [-0.2, 0) is 10.0 Å². The van der Waals surface area contributed by atoms with Crippen molar-refractivity contribution in [2.45, 2.75) is 31.8 Å². The number of sulfonamides is 1. The van der Waals surface area contributed by atoms with Crippen LogP contribution in [0.25, 0.3) is 0 Å². The Morgan fingerprint density at radius 2 is 1.90 bits per heavy atom. The lowest BCUT2D eigenvalue weighted by molar-refractivity contribution is 0.0693. The van der Waals surface area contributed by atoms with Gasteiger partial charge in [0.2, 0.25) is 10.0 Å². The van der Waals surface area contributed by atoms with Gasteiger partial charge in [-0.1, -0.05) is 13.8 Å². The number of aromatic carboxylic acids is 1. The number of carboxylic acid groups (broad SMARTS) is 1. The Morgan fingerprint density at radius 1 is 1.33 bits per heavy atom. The molecule has 0 aliphatic carbocycles. The van der Waals surface area contributed by atoms with E-state index in [-0.39, 0.29) is 22.9 Å². The Kier molecular flexibility index (Phi) is 5.32.